The van der Waals surface area contributed by atoms with E-state index < -0.39 is 0 Å². The van der Waals surface area contributed by atoms with Crippen LogP contribution in [0.4, 0.5) is 5.69 Å². The van der Waals surface area contributed by atoms with Crippen LogP contribution < -0.4 is 5.32 Å². The number of amidine groups is 1. The van der Waals surface area contributed by atoms with Crippen LogP contribution in [0.2, 0.25) is 0 Å². The van der Waals surface area contributed by atoms with Crippen molar-refractivity contribution < 1.29 is 4.79 Å². The van der Waals surface area contributed by atoms with Crippen LogP contribution in [0.15, 0.2) is 47.6 Å². The first-order chi connectivity index (χ1) is 9.12. The van der Waals surface area contributed by atoms with E-state index in [1.165, 1.54) is 0 Å². The van der Waals surface area contributed by atoms with Crippen molar-refractivity contribution in [3.05, 3.63) is 53.8 Å². The minimum atomic E-state index is 0.721. The van der Waals surface area contributed by atoms with E-state index in [4.69, 9.17) is 0 Å². The number of carbonyl (C=O) groups excluding carboxylic acids is 1. The van der Waals surface area contributed by atoms with Crippen LogP contribution in [0.1, 0.15) is 36.7 Å². The smallest absolute Gasteiger partial charge is 0.150 e. The normalized spacial score (nSPS) is 11.6. The minimum absolute atomic E-state index is 0.721. The molecule has 0 heterocycles. The lowest BCUT2D eigenvalue weighted by Gasteiger charge is -2.11. The second kappa shape index (κ2) is 7.31. The molecule has 0 bridgehead atoms. The van der Waals surface area contributed by atoms with Gasteiger partial charge in [0.15, 0.2) is 0 Å². The molecule has 0 aliphatic rings. The molecule has 0 spiro atoms. The lowest BCUT2D eigenvalue weighted by molar-refractivity contribution is 0.112. The first-order valence-electron chi connectivity index (χ1n) is 6.32. The maximum atomic E-state index is 10.9. The maximum absolute atomic E-state index is 10.9. The Balaban J connectivity index is 3.03. The van der Waals surface area contributed by atoms with E-state index in [1.807, 2.05) is 45.0 Å². The molecule has 3 heteroatoms. The molecule has 0 saturated carbocycles. The Morgan fingerprint density at radius 2 is 2.21 bits per heavy atom. The van der Waals surface area contributed by atoms with Gasteiger partial charge in [0.05, 0.1) is 0 Å². The number of nitrogens with one attached hydrogen (secondary N) is 1. The summed E-state index contributed by atoms with van der Waals surface area (Å²) in [5.41, 5.74) is 3.52. The van der Waals surface area contributed by atoms with Gasteiger partial charge in [0.25, 0.3) is 0 Å². The number of rotatable bonds is 5. The number of nitrogens with zero attached hydrogens (tertiary/aromatic N) is 1. The Morgan fingerprint density at radius 3 is 2.74 bits per heavy atom. The second-order valence-electron chi connectivity index (χ2n) is 4.25. The third-order valence-electron chi connectivity index (χ3n) is 2.67. The van der Waals surface area contributed by atoms with Crippen molar-refractivity contribution in [1.29, 1.82) is 0 Å². The zero-order valence-electron chi connectivity index (χ0n) is 11.7. The van der Waals surface area contributed by atoms with Gasteiger partial charge in [-0.25, -0.2) is 4.99 Å². The third kappa shape index (κ3) is 4.21. The van der Waals surface area contributed by atoms with Gasteiger partial charge in [0, 0.05) is 17.5 Å². The average Bonchev–Trinajstić information content (AvgIpc) is 2.42. The van der Waals surface area contributed by atoms with Crippen LogP contribution in [0.5, 0.6) is 0 Å². The average molecular weight is 256 g/mol. The van der Waals surface area contributed by atoms with E-state index in [-0.39, 0.29) is 0 Å². The van der Waals surface area contributed by atoms with Crippen LogP contribution in [0.25, 0.3) is 0 Å². The number of benzene rings is 1. The van der Waals surface area contributed by atoms with Crippen LogP contribution in [0.3, 0.4) is 0 Å². The molecule has 0 unspecified atom stereocenters. The van der Waals surface area contributed by atoms with Gasteiger partial charge in [-0.15, -0.1) is 0 Å². The predicted octanol–water partition coefficient (Wildman–Crippen LogP) is 3.98. The molecule has 1 rings (SSSR count). The van der Waals surface area contributed by atoms with Crippen molar-refractivity contribution >= 4 is 17.8 Å². The highest BCUT2D eigenvalue weighted by molar-refractivity contribution is 6.07. The Bertz CT molecular complexity index is 528. The molecule has 1 N–H and O–H groups in total. The minimum Gasteiger partial charge on any atom is -0.340 e. The fraction of sp³-hybridized carbons (Fsp3) is 0.250. The van der Waals surface area contributed by atoms with Gasteiger partial charge in [0.1, 0.15) is 12.1 Å². The van der Waals surface area contributed by atoms with E-state index in [0.717, 1.165) is 40.9 Å². The number of hydrogen-bond acceptors (Lipinski definition) is 2. The van der Waals surface area contributed by atoms with E-state index in [1.54, 1.807) is 6.20 Å². The summed E-state index contributed by atoms with van der Waals surface area (Å²) in [5, 5.41) is 3.22. The van der Waals surface area contributed by atoms with Crippen molar-refractivity contribution in [2.45, 2.75) is 27.2 Å². The van der Waals surface area contributed by atoms with Crippen LogP contribution in [-0.4, -0.2) is 12.1 Å². The number of aryl methyl sites for hydroxylation is 1. The third-order valence-corrected chi connectivity index (χ3v) is 2.67. The standard InChI is InChI=1S/C16H20N2O/c1-5-9-17-16(12(3)4)18-15-8-7-14(11-19)13(6-2)10-15/h5,7-11H,3,6H2,1-2,4H3,(H,17,18)/b9-5-. The molecule has 1 aromatic carbocycles. The first kappa shape index (κ1) is 14.9. The predicted molar refractivity (Wildman–Crippen MR) is 81.9 cm³/mol. The quantitative estimate of drug-likeness (QED) is 0.492. The van der Waals surface area contributed by atoms with E-state index in [9.17, 15) is 4.79 Å². The molecule has 19 heavy (non-hydrogen) atoms. The summed E-state index contributed by atoms with van der Waals surface area (Å²) < 4.78 is 0. The van der Waals surface area contributed by atoms with Gasteiger partial charge in [-0.05, 0) is 49.6 Å². The highest BCUT2D eigenvalue weighted by Crippen LogP contribution is 2.16. The summed E-state index contributed by atoms with van der Waals surface area (Å²) in [7, 11) is 0. The molecule has 3 nitrogen and oxygen atoms in total. The Kier molecular flexibility index (Phi) is 5.73. The molecular formula is C16H20N2O. The molecule has 0 radical (unpaired) electrons. The zero-order chi connectivity index (χ0) is 14.3. The van der Waals surface area contributed by atoms with E-state index in [2.05, 4.69) is 16.9 Å². The SMILES string of the molecule is C=C(C)C(=N/C=C\C)Nc1ccc(C=O)c(CC)c1. The molecule has 1 aromatic rings. The summed E-state index contributed by atoms with van der Waals surface area (Å²) in [6.07, 6.45) is 5.28. The van der Waals surface area contributed by atoms with Crippen LogP contribution in [-0.2, 0) is 6.42 Å². The summed E-state index contributed by atoms with van der Waals surface area (Å²) in [4.78, 5) is 15.2. The fourth-order valence-electron chi connectivity index (χ4n) is 1.64. The highest BCUT2D eigenvalue weighted by atomic mass is 16.1. The molecule has 0 aromatic heterocycles. The number of aliphatic imine (C=N–C) groups is 1. The monoisotopic (exact) mass is 256 g/mol. The Labute approximate surface area is 114 Å². The van der Waals surface area contributed by atoms with Crippen molar-refractivity contribution in [3.63, 3.8) is 0 Å². The molecule has 0 aliphatic heterocycles. The van der Waals surface area contributed by atoms with Gasteiger partial charge in [0.2, 0.25) is 0 Å². The number of hydrogen-bond donors (Lipinski definition) is 1. The molecule has 100 valence electrons. The van der Waals surface area contributed by atoms with Crippen molar-refractivity contribution in [2.75, 3.05) is 5.32 Å². The van der Waals surface area contributed by atoms with Gasteiger partial charge < -0.3 is 5.32 Å². The van der Waals surface area contributed by atoms with Gasteiger partial charge in [-0.2, -0.15) is 0 Å². The van der Waals surface area contributed by atoms with Crippen molar-refractivity contribution in [2.24, 2.45) is 4.99 Å². The van der Waals surface area contributed by atoms with Gasteiger partial charge >= 0.3 is 0 Å². The molecule has 0 atom stereocenters. The highest BCUT2D eigenvalue weighted by Gasteiger charge is 2.04. The number of aldehydes is 1. The summed E-state index contributed by atoms with van der Waals surface area (Å²) in [5.74, 6) is 0.721. The first-order valence-corrected chi connectivity index (χ1v) is 6.32. The Hall–Kier alpha value is -2.16. The molecule has 0 amide bonds. The zero-order valence-corrected chi connectivity index (χ0v) is 11.7. The van der Waals surface area contributed by atoms with Crippen LogP contribution >= 0.6 is 0 Å². The van der Waals surface area contributed by atoms with E-state index >= 15 is 0 Å². The largest absolute Gasteiger partial charge is 0.340 e. The molecule has 0 saturated heterocycles. The second-order valence-corrected chi connectivity index (χ2v) is 4.25. The molecule has 0 fully saturated rings. The van der Waals surface area contributed by atoms with Crippen molar-refractivity contribution in [1.82, 2.24) is 0 Å². The summed E-state index contributed by atoms with van der Waals surface area (Å²) in [6.45, 7) is 9.73. The maximum Gasteiger partial charge on any atom is 0.150 e. The fourth-order valence-corrected chi connectivity index (χ4v) is 1.64. The Morgan fingerprint density at radius 1 is 1.47 bits per heavy atom. The van der Waals surface area contributed by atoms with Gasteiger partial charge in [-0.3, -0.25) is 4.79 Å². The lowest BCUT2D eigenvalue weighted by Crippen LogP contribution is -2.12. The number of anilines is 1. The summed E-state index contributed by atoms with van der Waals surface area (Å²) in [6, 6.07) is 5.66. The molecule has 0 aliphatic carbocycles. The number of carbonyl (C=O) groups is 1. The lowest BCUT2D eigenvalue weighted by atomic mass is 10.1. The van der Waals surface area contributed by atoms with Crippen molar-refractivity contribution in [3.8, 4) is 0 Å². The topological polar surface area (TPSA) is 41.5 Å². The summed E-state index contributed by atoms with van der Waals surface area (Å²) >= 11 is 0. The molecular weight excluding hydrogens is 236 g/mol. The van der Waals surface area contributed by atoms with Gasteiger partial charge in [-0.1, -0.05) is 19.6 Å². The van der Waals surface area contributed by atoms with E-state index in [0.29, 0.717) is 0 Å². The number of allylic oxidation sites excluding steroid dienone is 1. The van der Waals surface area contributed by atoms with Crippen LogP contribution in [0, 0.1) is 0 Å².